The molecule has 2 rings (SSSR count). The summed E-state index contributed by atoms with van der Waals surface area (Å²) < 4.78 is 10.8. The molecule has 0 radical (unpaired) electrons. The fourth-order valence-corrected chi connectivity index (χ4v) is 2.80. The Morgan fingerprint density at radius 3 is 2.39 bits per heavy atom. The Kier molecular flexibility index (Phi) is 4.23. The average molecular weight is 263 g/mol. The minimum atomic E-state index is 0.836. The number of benzene rings is 1. The SMILES string of the molecule is CNCc1cc(-c2c(OC)cccc2OC)cs1. The number of nitrogens with one attached hydrogen (secondary N) is 1. The second-order valence-electron chi connectivity index (χ2n) is 3.87. The van der Waals surface area contributed by atoms with Crippen molar-refractivity contribution in [2.24, 2.45) is 0 Å². The molecule has 0 unspecified atom stereocenters. The van der Waals surface area contributed by atoms with Crippen LogP contribution >= 0.6 is 11.3 Å². The van der Waals surface area contributed by atoms with Gasteiger partial charge in [-0.05, 0) is 30.6 Å². The van der Waals surface area contributed by atoms with E-state index in [0.29, 0.717) is 0 Å². The molecule has 96 valence electrons. The average Bonchev–Trinajstić information content (AvgIpc) is 2.86. The van der Waals surface area contributed by atoms with Gasteiger partial charge < -0.3 is 14.8 Å². The zero-order valence-electron chi connectivity index (χ0n) is 10.8. The summed E-state index contributed by atoms with van der Waals surface area (Å²) in [6, 6.07) is 8.00. The number of rotatable bonds is 5. The molecule has 4 heteroatoms. The first kappa shape index (κ1) is 12.9. The predicted molar refractivity (Wildman–Crippen MR) is 75.6 cm³/mol. The molecule has 1 heterocycles. The lowest BCUT2D eigenvalue weighted by atomic mass is 10.1. The maximum absolute atomic E-state index is 5.42. The summed E-state index contributed by atoms with van der Waals surface area (Å²) in [6.45, 7) is 0.877. The molecule has 0 fully saturated rings. The van der Waals surface area contributed by atoms with E-state index in [0.717, 1.165) is 29.2 Å². The molecule has 0 saturated heterocycles. The van der Waals surface area contributed by atoms with Gasteiger partial charge in [-0.1, -0.05) is 6.07 Å². The van der Waals surface area contributed by atoms with Crippen molar-refractivity contribution < 1.29 is 9.47 Å². The van der Waals surface area contributed by atoms with E-state index < -0.39 is 0 Å². The maximum atomic E-state index is 5.42. The van der Waals surface area contributed by atoms with Crippen molar-refractivity contribution in [3.05, 3.63) is 34.5 Å². The molecule has 1 aromatic heterocycles. The van der Waals surface area contributed by atoms with Gasteiger partial charge in [0.2, 0.25) is 0 Å². The third-order valence-electron chi connectivity index (χ3n) is 2.72. The molecule has 1 aromatic carbocycles. The van der Waals surface area contributed by atoms with Crippen molar-refractivity contribution in [1.82, 2.24) is 5.32 Å². The highest BCUT2D eigenvalue weighted by Crippen LogP contribution is 2.39. The Morgan fingerprint density at radius 2 is 1.83 bits per heavy atom. The molecule has 0 saturated carbocycles. The molecule has 0 aliphatic carbocycles. The van der Waals surface area contributed by atoms with Crippen LogP contribution < -0.4 is 14.8 Å². The van der Waals surface area contributed by atoms with Crippen LogP contribution in [0.15, 0.2) is 29.6 Å². The lowest BCUT2D eigenvalue weighted by molar-refractivity contribution is 0.397. The Morgan fingerprint density at radius 1 is 1.17 bits per heavy atom. The van der Waals surface area contributed by atoms with Crippen LogP contribution in [0.3, 0.4) is 0 Å². The fourth-order valence-electron chi connectivity index (χ4n) is 1.91. The predicted octanol–water partition coefficient (Wildman–Crippen LogP) is 3.15. The summed E-state index contributed by atoms with van der Waals surface area (Å²) >= 11 is 1.73. The van der Waals surface area contributed by atoms with Gasteiger partial charge in [0.25, 0.3) is 0 Å². The Hall–Kier alpha value is -1.52. The van der Waals surface area contributed by atoms with Crippen LogP contribution in [0.1, 0.15) is 4.88 Å². The molecule has 2 aromatic rings. The third-order valence-corrected chi connectivity index (χ3v) is 3.66. The Labute approximate surface area is 111 Å². The number of ether oxygens (including phenoxy) is 2. The van der Waals surface area contributed by atoms with E-state index in [1.165, 1.54) is 4.88 Å². The van der Waals surface area contributed by atoms with Gasteiger partial charge in [-0.3, -0.25) is 0 Å². The number of hydrogen-bond acceptors (Lipinski definition) is 4. The van der Waals surface area contributed by atoms with E-state index in [1.54, 1.807) is 25.6 Å². The first-order chi connectivity index (χ1) is 8.80. The van der Waals surface area contributed by atoms with Gasteiger partial charge in [0, 0.05) is 17.0 Å². The minimum absolute atomic E-state index is 0.836. The van der Waals surface area contributed by atoms with Crippen molar-refractivity contribution in [3.63, 3.8) is 0 Å². The molecule has 0 atom stereocenters. The Bertz CT molecular complexity index is 500. The van der Waals surface area contributed by atoms with Crippen LogP contribution in [0.25, 0.3) is 11.1 Å². The lowest BCUT2D eigenvalue weighted by Crippen LogP contribution is -2.02. The molecule has 0 aliphatic rings. The van der Waals surface area contributed by atoms with E-state index in [9.17, 15) is 0 Å². The summed E-state index contributed by atoms with van der Waals surface area (Å²) in [5.41, 5.74) is 2.15. The Balaban J connectivity index is 2.47. The number of hydrogen-bond donors (Lipinski definition) is 1. The summed E-state index contributed by atoms with van der Waals surface area (Å²) in [7, 11) is 5.31. The van der Waals surface area contributed by atoms with Gasteiger partial charge in [0.05, 0.1) is 19.8 Å². The third kappa shape index (κ3) is 2.49. The standard InChI is InChI=1S/C14H17NO2S/c1-15-8-11-7-10(9-18-11)14-12(16-2)5-4-6-13(14)17-3/h4-7,9,15H,8H2,1-3H3. The van der Waals surface area contributed by atoms with Gasteiger partial charge >= 0.3 is 0 Å². The van der Waals surface area contributed by atoms with Crippen LogP contribution in [0.2, 0.25) is 0 Å². The van der Waals surface area contributed by atoms with Crippen molar-refractivity contribution >= 4 is 11.3 Å². The topological polar surface area (TPSA) is 30.5 Å². The molecule has 1 N–H and O–H groups in total. The summed E-state index contributed by atoms with van der Waals surface area (Å²) in [5, 5.41) is 5.29. The number of methoxy groups -OCH3 is 2. The monoisotopic (exact) mass is 263 g/mol. The maximum Gasteiger partial charge on any atom is 0.130 e. The summed E-state index contributed by atoms with van der Waals surface area (Å²) in [4.78, 5) is 1.29. The smallest absolute Gasteiger partial charge is 0.130 e. The minimum Gasteiger partial charge on any atom is -0.496 e. The molecule has 0 aliphatic heterocycles. The number of thiophene rings is 1. The van der Waals surface area contributed by atoms with Crippen LogP contribution in [-0.4, -0.2) is 21.3 Å². The highest BCUT2D eigenvalue weighted by molar-refractivity contribution is 7.10. The van der Waals surface area contributed by atoms with Gasteiger partial charge in [0.15, 0.2) is 0 Å². The van der Waals surface area contributed by atoms with Crippen molar-refractivity contribution in [2.45, 2.75) is 6.54 Å². The van der Waals surface area contributed by atoms with Crippen molar-refractivity contribution in [1.29, 1.82) is 0 Å². The molecule has 0 bridgehead atoms. The van der Waals surface area contributed by atoms with Gasteiger partial charge in [-0.2, -0.15) is 0 Å². The summed E-state index contributed by atoms with van der Waals surface area (Å²) in [6.07, 6.45) is 0. The van der Waals surface area contributed by atoms with Crippen molar-refractivity contribution in [2.75, 3.05) is 21.3 Å². The fraction of sp³-hybridized carbons (Fsp3) is 0.286. The van der Waals surface area contributed by atoms with E-state index >= 15 is 0 Å². The van der Waals surface area contributed by atoms with Gasteiger partial charge in [0.1, 0.15) is 11.5 Å². The van der Waals surface area contributed by atoms with Crippen LogP contribution in [0, 0.1) is 0 Å². The highest BCUT2D eigenvalue weighted by atomic mass is 32.1. The second-order valence-corrected chi connectivity index (χ2v) is 4.87. The first-order valence-corrected chi connectivity index (χ1v) is 6.61. The quantitative estimate of drug-likeness (QED) is 0.899. The van der Waals surface area contributed by atoms with Crippen molar-refractivity contribution in [3.8, 4) is 22.6 Å². The zero-order valence-corrected chi connectivity index (χ0v) is 11.6. The molecule has 0 amide bonds. The van der Waals surface area contributed by atoms with E-state index in [1.807, 2.05) is 25.2 Å². The van der Waals surface area contributed by atoms with Crippen LogP contribution in [0.4, 0.5) is 0 Å². The van der Waals surface area contributed by atoms with E-state index in [2.05, 4.69) is 16.8 Å². The van der Waals surface area contributed by atoms with E-state index in [4.69, 9.17) is 9.47 Å². The lowest BCUT2D eigenvalue weighted by Gasteiger charge is -2.11. The summed E-state index contributed by atoms with van der Waals surface area (Å²) in [5.74, 6) is 1.67. The zero-order chi connectivity index (χ0) is 13.0. The molecular weight excluding hydrogens is 246 g/mol. The van der Waals surface area contributed by atoms with Gasteiger partial charge in [-0.25, -0.2) is 0 Å². The first-order valence-electron chi connectivity index (χ1n) is 5.73. The van der Waals surface area contributed by atoms with Crippen LogP contribution in [-0.2, 0) is 6.54 Å². The second kappa shape index (κ2) is 5.89. The van der Waals surface area contributed by atoms with Crippen LogP contribution in [0.5, 0.6) is 11.5 Å². The largest absolute Gasteiger partial charge is 0.496 e. The molecular formula is C14H17NO2S. The highest BCUT2D eigenvalue weighted by Gasteiger charge is 2.13. The van der Waals surface area contributed by atoms with E-state index in [-0.39, 0.29) is 0 Å². The molecule has 3 nitrogen and oxygen atoms in total. The normalized spacial score (nSPS) is 10.4. The van der Waals surface area contributed by atoms with Gasteiger partial charge in [-0.15, -0.1) is 11.3 Å². The molecule has 18 heavy (non-hydrogen) atoms. The molecule has 0 spiro atoms.